The van der Waals surface area contributed by atoms with Crippen molar-refractivity contribution in [1.29, 1.82) is 0 Å². The van der Waals surface area contributed by atoms with E-state index < -0.39 is 18.5 Å². The van der Waals surface area contributed by atoms with Crippen LogP contribution in [-0.2, 0) is 9.53 Å². The topological polar surface area (TPSA) is 87.0 Å². The van der Waals surface area contributed by atoms with Crippen LogP contribution in [0.2, 0.25) is 5.02 Å². The number of halogens is 1. The molecule has 0 spiro atoms. The van der Waals surface area contributed by atoms with Gasteiger partial charge >= 0.3 is 5.97 Å². The van der Waals surface area contributed by atoms with E-state index in [-0.39, 0.29) is 5.76 Å². The first-order chi connectivity index (χ1) is 13.4. The second-order valence-corrected chi connectivity index (χ2v) is 6.32. The van der Waals surface area contributed by atoms with Gasteiger partial charge in [0.25, 0.3) is 5.91 Å². The average Bonchev–Trinajstić information content (AvgIpc) is 3.02. The van der Waals surface area contributed by atoms with Gasteiger partial charge in [0.2, 0.25) is 5.76 Å². The van der Waals surface area contributed by atoms with E-state index in [0.717, 1.165) is 0 Å². The van der Waals surface area contributed by atoms with Crippen molar-refractivity contribution in [2.45, 2.75) is 6.92 Å². The maximum absolute atomic E-state index is 12.3. The summed E-state index contributed by atoms with van der Waals surface area (Å²) in [6.45, 7) is 1.23. The third-order valence-corrected chi connectivity index (χ3v) is 4.33. The number of benzene rings is 2. The number of ether oxygens (including phenoxy) is 3. The summed E-state index contributed by atoms with van der Waals surface area (Å²) in [7, 11) is 2.99. The van der Waals surface area contributed by atoms with E-state index in [1.165, 1.54) is 14.2 Å². The summed E-state index contributed by atoms with van der Waals surface area (Å²) in [5.74, 6) is -0.242. The van der Waals surface area contributed by atoms with Gasteiger partial charge in [0.1, 0.15) is 17.1 Å². The number of hydrogen-bond donors (Lipinski definition) is 1. The molecule has 0 aliphatic carbocycles. The number of furan rings is 1. The molecule has 3 rings (SSSR count). The molecule has 0 radical (unpaired) electrons. The van der Waals surface area contributed by atoms with E-state index >= 15 is 0 Å². The highest BCUT2D eigenvalue weighted by atomic mass is 35.5. The molecule has 0 saturated heterocycles. The zero-order chi connectivity index (χ0) is 20.3. The molecule has 1 N–H and O–H groups in total. The first-order valence-corrected chi connectivity index (χ1v) is 8.68. The van der Waals surface area contributed by atoms with Crippen molar-refractivity contribution in [3.8, 4) is 11.5 Å². The van der Waals surface area contributed by atoms with Crippen molar-refractivity contribution in [3.63, 3.8) is 0 Å². The van der Waals surface area contributed by atoms with Gasteiger partial charge in [0.05, 0.1) is 19.9 Å². The first-order valence-electron chi connectivity index (χ1n) is 8.30. The molecule has 28 heavy (non-hydrogen) atoms. The number of nitrogens with one attached hydrogen (secondary N) is 1. The number of carbonyl (C=O) groups excluding carboxylic acids is 2. The second kappa shape index (κ2) is 8.22. The van der Waals surface area contributed by atoms with E-state index in [2.05, 4.69) is 5.32 Å². The molecule has 0 aliphatic rings. The van der Waals surface area contributed by atoms with Crippen molar-refractivity contribution in [2.24, 2.45) is 0 Å². The number of fused-ring (bicyclic) bond motifs is 1. The Labute approximate surface area is 166 Å². The van der Waals surface area contributed by atoms with Crippen LogP contribution in [0.3, 0.4) is 0 Å². The molecule has 1 aromatic heterocycles. The molecule has 0 aliphatic heterocycles. The fourth-order valence-corrected chi connectivity index (χ4v) is 2.85. The summed E-state index contributed by atoms with van der Waals surface area (Å²) >= 11 is 5.98. The standard InChI is InChI=1S/C20H18ClNO6/c1-11-14-8-12(21)4-6-16(14)28-19(11)20(24)27-10-18(23)22-15-9-13(25-2)5-7-17(15)26-3/h4-9H,10H2,1-3H3,(H,22,23). The van der Waals surface area contributed by atoms with Crippen molar-refractivity contribution in [2.75, 3.05) is 26.1 Å². The van der Waals surface area contributed by atoms with Crippen molar-refractivity contribution in [3.05, 3.63) is 52.7 Å². The predicted molar refractivity (Wildman–Crippen MR) is 104 cm³/mol. The minimum Gasteiger partial charge on any atom is -0.497 e. The number of esters is 1. The van der Waals surface area contributed by atoms with Gasteiger partial charge in [0.15, 0.2) is 6.61 Å². The molecule has 0 atom stereocenters. The van der Waals surface area contributed by atoms with E-state index in [0.29, 0.717) is 38.7 Å². The highest BCUT2D eigenvalue weighted by Crippen LogP contribution is 2.30. The Bertz CT molecular complexity index is 1040. The number of methoxy groups -OCH3 is 2. The van der Waals surface area contributed by atoms with Crippen LogP contribution in [0, 0.1) is 6.92 Å². The summed E-state index contributed by atoms with van der Waals surface area (Å²) in [4.78, 5) is 24.5. The van der Waals surface area contributed by atoms with Crippen LogP contribution >= 0.6 is 11.6 Å². The molecule has 146 valence electrons. The van der Waals surface area contributed by atoms with Crippen LogP contribution < -0.4 is 14.8 Å². The molecule has 1 heterocycles. The Morgan fingerprint density at radius 1 is 1.11 bits per heavy atom. The second-order valence-electron chi connectivity index (χ2n) is 5.89. The fraction of sp³-hybridized carbons (Fsp3) is 0.200. The zero-order valence-electron chi connectivity index (χ0n) is 15.5. The van der Waals surface area contributed by atoms with Crippen LogP contribution in [0.1, 0.15) is 16.1 Å². The van der Waals surface area contributed by atoms with Gasteiger partial charge < -0.3 is 23.9 Å². The number of anilines is 1. The van der Waals surface area contributed by atoms with Gasteiger partial charge in [-0.1, -0.05) is 11.6 Å². The van der Waals surface area contributed by atoms with Gasteiger partial charge in [-0.05, 0) is 37.3 Å². The Morgan fingerprint density at radius 2 is 1.89 bits per heavy atom. The normalized spacial score (nSPS) is 10.6. The Morgan fingerprint density at radius 3 is 2.61 bits per heavy atom. The molecule has 0 fully saturated rings. The van der Waals surface area contributed by atoms with Crippen LogP contribution in [0.15, 0.2) is 40.8 Å². The molecule has 8 heteroatoms. The highest BCUT2D eigenvalue weighted by molar-refractivity contribution is 6.31. The quantitative estimate of drug-likeness (QED) is 0.620. The Kier molecular flexibility index (Phi) is 5.75. The van der Waals surface area contributed by atoms with Gasteiger partial charge in [0, 0.05) is 22.0 Å². The van der Waals surface area contributed by atoms with Gasteiger partial charge in [-0.15, -0.1) is 0 Å². The lowest BCUT2D eigenvalue weighted by Crippen LogP contribution is -2.21. The van der Waals surface area contributed by atoms with E-state index in [1.807, 2.05) is 0 Å². The molecule has 3 aromatic rings. The molecule has 0 saturated carbocycles. The number of aryl methyl sites for hydroxylation is 1. The summed E-state index contributed by atoms with van der Waals surface area (Å²) in [6, 6.07) is 9.99. The van der Waals surface area contributed by atoms with Crippen LogP contribution in [-0.4, -0.2) is 32.7 Å². The maximum atomic E-state index is 12.3. The van der Waals surface area contributed by atoms with Crippen LogP contribution in [0.4, 0.5) is 5.69 Å². The monoisotopic (exact) mass is 403 g/mol. The summed E-state index contributed by atoms with van der Waals surface area (Å²) in [5.41, 5.74) is 1.51. The fourth-order valence-electron chi connectivity index (χ4n) is 2.68. The Balaban J connectivity index is 1.68. The summed E-state index contributed by atoms with van der Waals surface area (Å²) < 4.78 is 20.9. The molecule has 0 unspecified atom stereocenters. The molecule has 2 aromatic carbocycles. The number of carbonyl (C=O) groups is 2. The average molecular weight is 404 g/mol. The van der Waals surface area contributed by atoms with Crippen LogP contribution in [0.25, 0.3) is 11.0 Å². The Hall–Kier alpha value is -3.19. The summed E-state index contributed by atoms with van der Waals surface area (Å²) in [5, 5.41) is 3.87. The lowest BCUT2D eigenvalue weighted by atomic mass is 10.1. The third kappa shape index (κ3) is 4.04. The van der Waals surface area contributed by atoms with E-state index in [4.69, 9.17) is 30.2 Å². The lowest BCUT2D eigenvalue weighted by molar-refractivity contribution is -0.119. The smallest absolute Gasteiger partial charge is 0.375 e. The lowest BCUT2D eigenvalue weighted by Gasteiger charge is -2.11. The highest BCUT2D eigenvalue weighted by Gasteiger charge is 2.20. The zero-order valence-corrected chi connectivity index (χ0v) is 16.3. The SMILES string of the molecule is COc1ccc(OC)c(NC(=O)COC(=O)c2oc3ccc(Cl)cc3c2C)c1. The van der Waals surface area contributed by atoms with Gasteiger partial charge in [-0.3, -0.25) is 4.79 Å². The molecule has 7 nitrogen and oxygen atoms in total. The molecule has 1 amide bonds. The van der Waals surface area contributed by atoms with Crippen LogP contribution in [0.5, 0.6) is 11.5 Å². The first kappa shape index (κ1) is 19.6. The number of amides is 1. The summed E-state index contributed by atoms with van der Waals surface area (Å²) in [6.07, 6.45) is 0. The van der Waals surface area contributed by atoms with E-state index in [1.54, 1.807) is 43.3 Å². The van der Waals surface area contributed by atoms with E-state index in [9.17, 15) is 9.59 Å². The molecule has 0 bridgehead atoms. The molecular weight excluding hydrogens is 386 g/mol. The minimum absolute atomic E-state index is 0.0315. The van der Waals surface area contributed by atoms with Crippen molar-refractivity contribution < 1.29 is 28.2 Å². The number of hydrogen-bond acceptors (Lipinski definition) is 6. The minimum atomic E-state index is -0.738. The third-order valence-electron chi connectivity index (χ3n) is 4.10. The largest absolute Gasteiger partial charge is 0.497 e. The maximum Gasteiger partial charge on any atom is 0.375 e. The predicted octanol–water partition coefficient (Wildman–Crippen LogP) is 4.21. The van der Waals surface area contributed by atoms with Gasteiger partial charge in [-0.25, -0.2) is 4.79 Å². The molecular formula is C20H18ClNO6. The van der Waals surface area contributed by atoms with Crippen molar-refractivity contribution in [1.82, 2.24) is 0 Å². The van der Waals surface area contributed by atoms with Gasteiger partial charge in [-0.2, -0.15) is 0 Å². The van der Waals surface area contributed by atoms with Crippen molar-refractivity contribution >= 4 is 40.1 Å². The number of rotatable bonds is 6.